The van der Waals surface area contributed by atoms with E-state index in [1.807, 2.05) is 45.0 Å². The summed E-state index contributed by atoms with van der Waals surface area (Å²) in [6.07, 6.45) is -1.35. The summed E-state index contributed by atoms with van der Waals surface area (Å²) in [5, 5.41) is 10.7. The van der Waals surface area contributed by atoms with E-state index in [9.17, 15) is 9.90 Å². The largest absolute Gasteiger partial charge is 0.457 e. The number of cyclic esters (lactones) is 1. The number of benzene rings is 1. The summed E-state index contributed by atoms with van der Waals surface area (Å²) in [5.41, 5.74) is 1.10. The minimum atomic E-state index is -0.611. The number of rotatable bonds is 2. The number of furan rings is 1. The van der Waals surface area contributed by atoms with Crippen LogP contribution >= 0.6 is 0 Å². The van der Waals surface area contributed by atoms with Crippen LogP contribution in [0, 0.1) is 0 Å². The summed E-state index contributed by atoms with van der Waals surface area (Å²) in [7, 11) is 0. The number of hydrogen-bond acceptors (Lipinski definition) is 4. The maximum atomic E-state index is 12.0. The lowest BCUT2D eigenvalue weighted by Gasteiger charge is -2.28. The number of nitrogens with zero attached hydrogens (tertiary/aromatic N) is 1. The molecule has 0 radical (unpaired) electrons. The lowest BCUT2D eigenvalue weighted by atomic mass is 10.1. The molecule has 2 aromatic rings. The Hall–Kier alpha value is -2.01. The van der Waals surface area contributed by atoms with Crippen molar-refractivity contribution < 1.29 is 19.1 Å². The Morgan fingerprint density at radius 1 is 1.36 bits per heavy atom. The second-order valence-electron chi connectivity index (χ2n) is 6.74. The fourth-order valence-electron chi connectivity index (χ4n) is 2.75. The molecule has 22 heavy (non-hydrogen) atoms. The van der Waals surface area contributed by atoms with Gasteiger partial charge in [-0.3, -0.25) is 4.90 Å². The maximum Gasteiger partial charge on any atom is 0.411 e. The first-order valence-corrected chi connectivity index (χ1v) is 7.46. The first kappa shape index (κ1) is 14.9. The standard InChI is InChI=1S/C17H21NO4/c1-10(19)12-7-5-6-11-8-13(21-15(11)12)14-9-18(16(20)22-14)17(2,3)4/h5-8,10,14,19H,9H2,1-4H3/t10-,14-/m1/s1. The third-order valence-electron chi connectivity index (χ3n) is 3.98. The molecule has 0 saturated carbocycles. The van der Waals surface area contributed by atoms with E-state index < -0.39 is 12.2 Å². The van der Waals surface area contributed by atoms with Crippen molar-refractivity contribution in [2.45, 2.75) is 45.4 Å². The Morgan fingerprint density at radius 2 is 2.09 bits per heavy atom. The number of amides is 1. The molecule has 1 aromatic carbocycles. The second kappa shape index (κ2) is 5.02. The molecule has 0 spiro atoms. The summed E-state index contributed by atoms with van der Waals surface area (Å²) < 4.78 is 11.3. The summed E-state index contributed by atoms with van der Waals surface area (Å²) >= 11 is 0. The fourth-order valence-corrected chi connectivity index (χ4v) is 2.75. The van der Waals surface area contributed by atoms with Gasteiger partial charge in [-0.15, -0.1) is 0 Å². The molecule has 1 aliphatic rings. The van der Waals surface area contributed by atoms with Gasteiger partial charge in [-0.2, -0.15) is 0 Å². The lowest BCUT2D eigenvalue weighted by molar-refractivity contribution is 0.114. The number of ether oxygens (including phenoxy) is 1. The van der Waals surface area contributed by atoms with Crippen molar-refractivity contribution in [1.82, 2.24) is 4.90 Å². The van der Waals surface area contributed by atoms with Crippen LogP contribution in [0.3, 0.4) is 0 Å². The lowest BCUT2D eigenvalue weighted by Crippen LogP contribution is -2.41. The van der Waals surface area contributed by atoms with Crippen LogP contribution in [0.25, 0.3) is 11.0 Å². The summed E-state index contributed by atoms with van der Waals surface area (Å²) in [5.74, 6) is 0.614. The third-order valence-corrected chi connectivity index (χ3v) is 3.98. The van der Waals surface area contributed by atoms with Crippen LogP contribution in [0.15, 0.2) is 28.7 Å². The van der Waals surface area contributed by atoms with Gasteiger partial charge in [0.15, 0.2) is 6.10 Å². The van der Waals surface area contributed by atoms with Crippen molar-refractivity contribution in [3.8, 4) is 0 Å². The Balaban J connectivity index is 1.95. The molecule has 118 valence electrons. The zero-order chi connectivity index (χ0) is 16.1. The van der Waals surface area contributed by atoms with Gasteiger partial charge in [0.05, 0.1) is 12.6 Å². The van der Waals surface area contributed by atoms with E-state index in [1.165, 1.54) is 0 Å². The van der Waals surface area contributed by atoms with Crippen LogP contribution in [0.2, 0.25) is 0 Å². The summed E-state index contributed by atoms with van der Waals surface area (Å²) in [6.45, 7) is 8.09. The van der Waals surface area contributed by atoms with Crippen LogP contribution in [-0.2, 0) is 4.74 Å². The van der Waals surface area contributed by atoms with Crippen LogP contribution in [0.1, 0.15) is 51.2 Å². The fraction of sp³-hybridized carbons (Fsp3) is 0.471. The average Bonchev–Trinajstić information content (AvgIpc) is 3.00. The molecule has 0 bridgehead atoms. The van der Waals surface area contributed by atoms with Gasteiger partial charge in [-0.1, -0.05) is 18.2 Å². The Kier molecular flexibility index (Phi) is 3.40. The van der Waals surface area contributed by atoms with Gasteiger partial charge in [0.1, 0.15) is 11.3 Å². The van der Waals surface area contributed by atoms with Crippen molar-refractivity contribution >= 4 is 17.1 Å². The molecule has 5 nitrogen and oxygen atoms in total. The third kappa shape index (κ3) is 2.46. The van der Waals surface area contributed by atoms with E-state index in [0.29, 0.717) is 17.9 Å². The molecule has 3 rings (SSSR count). The second-order valence-corrected chi connectivity index (χ2v) is 6.74. The van der Waals surface area contributed by atoms with E-state index in [-0.39, 0.29) is 11.6 Å². The quantitative estimate of drug-likeness (QED) is 0.917. The van der Waals surface area contributed by atoms with Crippen molar-refractivity contribution in [1.29, 1.82) is 0 Å². The minimum Gasteiger partial charge on any atom is -0.457 e. The molecular formula is C17H21NO4. The molecule has 2 heterocycles. The van der Waals surface area contributed by atoms with Gasteiger partial charge < -0.3 is 14.3 Å². The topological polar surface area (TPSA) is 62.9 Å². The number of para-hydroxylation sites is 1. The van der Waals surface area contributed by atoms with Gasteiger partial charge in [-0.05, 0) is 33.8 Å². The Morgan fingerprint density at radius 3 is 2.68 bits per heavy atom. The van der Waals surface area contributed by atoms with Crippen LogP contribution in [0.5, 0.6) is 0 Å². The van der Waals surface area contributed by atoms with Crippen molar-refractivity contribution in [3.05, 3.63) is 35.6 Å². The zero-order valence-electron chi connectivity index (χ0n) is 13.3. The number of aliphatic hydroxyl groups is 1. The highest BCUT2D eigenvalue weighted by atomic mass is 16.6. The van der Waals surface area contributed by atoms with Crippen LogP contribution < -0.4 is 0 Å². The average molecular weight is 303 g/mol. The number of hydrogen-bond donors (Lipinski definition) is 1. The molecule has 2 atom stereocenters. The molecule has 0 aliphatic carbocycles. The molecule has 1 aromatic heterocycles. The molecule has 0 unspecified atom stereocenters. The predicted octanol–water partition coefficient (Wildman–Crippen LogP) is 3.78. The highest BCUT2D eigenvalue weighted by Crippen LogP contribution is 2.35. The van der Waals surface area contributed by atoms with E-state index >= 15 is 0 Å². The first-order chi connectivity index (χ1) is 10.3. The van der Waals surface area contributed by atoms with Gasteiger partial charge in [0, 0.05) is 16.5 Å². The molecule has 1 saturated heterocycles. The van der Waals surface area contributed by atoms with Crippen molar-refractivity contribution in [3.63, 3.8) is 0 Å². The molecule has 1 aliphatic heterocycles. The number of carbonyl (C=O) groups is 1. The zero-order valence-corrected chi connectivity index (χ0v) is 13.3. The summed E-state index contributed by atoms with van der Waals surface area (Å²) in [4.78, 5) is 13.7. The number of aliphatic hydroxyl groups excluding tert-OH is 1. The smallest absolute Gasteiger partial charge is 0.411 e. The number of fused-ring (bicyclic) bond motifs is 1. The highest BCUT2D eigenvalue weighted by molar-refractivity contribution is 5.82. The SMILES string of the molecule is C[C@@H](O)c1cccc2cc([C@H]3CN(C(C)(C)C)C(=O)O3)oc12. The van der Waals surface area contributed by atoms with E-state index in [0.717, 1.165) is 10.9 Å². The molecule has 1 N–H and O–H groups in total. The van der Waals surface area contributed by atoms with Gasteiger partial charge in [0.25, 0.3) is 0 Å². The molecule has 5 heteroatoms. The van der Waals surface area contributed by atoms with E-state index in [1.54, 1.807) is 11.8 Å². The summed E-state index contributed by atoms with van der Waals surface area (Å²) in [6, 6.07) is 7.52. The van der Waals surface area contributed by atoms with Crippen LogP contribution in [-0.4, -0.2) is 28.2 Å². The Labute approximate surface area is 129 Å². The molecular weight excluding hydrogens is 282 g/mol. The normalized spacial score (nSPS) is 20.5. The van der Waals surface area contributed by atoms with Crippen molar-refractivity contribution in [2.75, 3.05) is 6.54 Å². The van der Waals surface area contributed by atoms with Gasteiger partial charge in [0.2, 0.25) is 0 Å². The van der Waals surface area contributed by atoms with Gasteiger partial charge in [-0.25, -0.2) is 4.79 Å². The Bertz CT molecular complexity index is 711. The monoisotopic (exact) mass is 303 g/mol. The van der Waals surface area contributed by atoms with E-state index in [4.69, 9.17) is 9.15 Å². The molecule has 1 amide bonds. The van der Waals surface area contributed by atoms with E-state index in [2.05, 4.69) is 0 Å². The van der Waals surface area contributed by atoms with Crippen molar-refractivity contribution in [2.24, 2.45) is 0 Å². The first-order valence-electron chi connectivity index (χ1n) is 7.46. The van der Waals surface area contributed by atoms with Crippen LogP contribution in [0.4, 0.5) is 4.79 Å². The predicted molar refractivity (Wildman–Crippen MR) is 82.5 cm³/mol. The number of carbonyl (C=O) groups excluding carboxylic acids is 1. The molecule has 1 fully saturated rings. The van der Waals surface area contributed by atoms with Gasteiger partial charge >= 0.3 is 6.09 Å². The highest BCUT2D eigenvalue weighted by Gasteiger charge is 2.40. The maximum absolute atomic E-state index is 12.0. The minimum absolute atomic E-state index is 0.289.